The number of hydrogen-bond acceptors (Lipinski definition) is 6. The summed E-state index contributed by atoms with van der Waals surface area (Å²) in [6.45, 7) is 0. The van der Waals surface area contributed by atoms with Crippen molar-refractivity contribution in [1.29, 1.82) is 0 Å². The molecule has 0 aliphatic heterocycles. The van der Waals surface area contributed by atoms with Crippen LogP contribution in [-0.2, 0) is 4.79 Å². The van der Waals surface area contributed by atoms with Crippen molar-refractivity contribution in [3.8, 4) is 5.75 Å². The molecule has 1 saturated carbocycles. The number of anilines is 2. The fourth-order valence-electron chi connectivity index (χ4n) is 4.07. The largest absolute Gasteiger partial charge is 0.508 e. The molecule has 2 amide bonds. The lowest BCUT2D eigenvalue weighted by atomic mass is 9.85. The zero-order valence-electron chi connectivity index (χ0n) is 18.3. The highest BCUT2D eigenvalue weighted by Gasteiger charge is 2.30. The number of furan rings is 1. The van der Waals surface area contributed by atoms with Crippen molar-refractivity contribution in [2.45, 2.75) is 31.7 Å². The number of carbonyl (C=O) groups excluding carboxylic acids is 2. The van der Waals surface area contributed by atoms with Crippen LogP contribution in [0.1, 0.15) is 36.2 Å². The standard InChI is InChI=1S/C23H25ClN4O4.ClH/c1-28(2)15-6-3-13(4-7-15)22(30)27-20-17-11-16(29)8-9-18(17)32-21(20)23(31)26-19-10-5-14(24)12-25-19;/h5,8-13,15,29H,3-4,6-7H2,1-2H3,(H,27,30)(H,25,26,31);1H/t13-,15-;. The van der Waals surface area contributed by atoms with Gasteiger partial charge in [0.1, 0.15) is 22.8 Å². The smallest absolute Gasteiger partial charge is 0.294 e. The Morgan fingerprint density at radius 3 is 2.48 bits per heavy atom. The third-order valence-corrected chi connectivity index (χ3v) is 6.12. The first-order valence-electron chi connectivity index (χ1n) is 10.5. The van der Waals surface area contributed by atoms with Crippen LogP contribution in [0.15, 0.2) is 40.9 Å². The Morgan fingerprint density at radius 2 is 1.85 bits per heavy atom. The molecular formula is C23H26Cl2N4O4. The van der Waals surface area contributed by atoms with Gasteiger partial charge in [-0.25, -0.2) is 4.98 Å². The highest BCUT2D eigenvalue weighted by atomic mass is 35.5. The molecule has 1 aromatic carbocycles. The quantitative estimate of drug-likeness (QED) is 0.466. The molecule has 176 valence electrons. The Kier molecular flexibility index (Phi) is 7.84. The number of benzene rings is 1. The number of halogens is 2. The summed E-state index contributed by atoms with van der Waals surface area (Å²) < 4.78 is 5.75. The normalized spacial score (nSPS) is 18.1. The molecule has 3 aromatic rings. The summed E-state index contributed by atoms with van der Waals surface area (Å²) in [5.74, 6) is -0.636. The zero-order chi connectivity index (χ0) is 22.8. The Balaban J connectivity index is 0.00000306. The molecular weight excluding hydrogens is 467 g/mol. The molecule has 1 aliphatic carbocycles. The van der Waals surface area contributed by atoms with E-state index in [2.05, 4.69) is 34.6 Å². The van der Waals surface area contributed by atoms with Gasteiger partial charge in [-0.3, -0.25) is 9.59 Å². The number of hydrogen-bond donors (Lipinski definition) is 3. The van der Waals surface area contributed by atoms with Gasteiger partial charge in [0.05, 0.1) is 5.02 Å². The topological polar surface area (TPSA) is 108 Å². The summed E-state index contributed by atoms with van der Waals surface area (Å²) in [6, 6.07) is 8.12. The number of fused-ring (bicyclic) bond motifs is 1. The van der Waals surface area contributed by atoms with E-state index in [1.165, 1.54) is 18.3 Å². The Bertz CT molecular complexity index is 1140. The van der Waals surface area contributed by atoms with E-state index in [0.29, 0.717) is 27.9 Å². The number of amides is 2. The van der Waals surface area contributed by atoms with Gasteiger partial charge in [0.2, 0.25) is 11.7 Å². The fraction of sp³-hybridized carbons (Fsp3) is 0.348. The van der Waals surface area contributed by atoms with Crippen molar-refractivity contribution in [1.82, 2.24) is 9.88 Å². The maximum absolute atomic E-state index is 13.1. The molecule has 10 heteroatoms. The van der Waals surface area contributed by atoms with E-state index < -0.39 is 5.91 Å². The van der Waals surface area contributed by atoms with Crippen LogP contribution in [0.4, 0.5) is 11.5 Å². The lowest BCUT2D eigenvalue weighted by molar-refractivity contribution is -0.121. The van der Waals surface area contributed by atoms with E-state index >= 15 is 0 Å². The molecule has 0 unspecified atom stereocenters. The van der Waals surface area contributed by atoms with E-state index in [-0.39, 0.29) is 41.4 Å². The number of nitrogens with one attached hydrogen (secondary N) is 2. The lowest BCUT2D eigenvalue weighted by Crippen LogP contribution is -2.35. The molecule has 33 heavy (non-hydrogen) atoms. The van der Waals surface area contributed by atoms with E-state index in [4.69, 9.17) is 16.0 Å². The Hall–Kier alpha value is -2.81. The minimum atomic E-state index is -0.567. The summed E-state index contributed by atoms with van der Waals surface area (Å²) in [4.78, 5) is 32.3. The van der Waals surface area contributed by atoms with Gasteiger partial charge >= 0.3 is 0 Å². The lowest BCUT2D eigenvalue weighted by Gasteiger charge is -2.31. The van der Waals surface area contributed by atoms with Gasteiger partial charge in [-0.1, -0.05) is 11.6 Å². The van der Waals surface area contributed by atoms with Crippen LogP contribution >= 0.6 is 24.0 Å². The molecule has 0 spiro atoms. The van der Waals surface area contributed by atoms with E-state index in [1.54, 1.807) is 18.2 Å². The molecule has 0 saturated heterocycles. The van der Waals surface area contributed by atoms with Gasteiger partial charge < -0.3 is 25.1 Å². The van der Waals surface area contributed by atoms with Crippen LogP contribution in [0.5, 0.6) is 5.75 Å². The first-order valence-corrected chi connectivity index (χ1v) is 10.9. The Morgan fingerprint density at radius 1 is 1.12 bits per heavy atom. The molecule has 2 heterocycles. The summed E-state index contributed by atoms with van der Waals surface area (Å²) in [7, 11) is 4.10. The van der Waals surface area contributed by atoms with Crippen molar-refractivity contribution in [2.75, 3.05) is 24.7 Å². The van der Waals surface area contributed by atoms with Gasteiger partial charge in [-0.05, 0) is 70.1 Å². The highest BCUT2D eigenvalue weighted by Crippen LogP contribution is 2.35. The molecule has 1 aliphatic rings. The minimum Gasteiger partial charge on any atom is -0.508 e. The SMILES string of the molecule is CN(C)[C@H]1CC[C@H](C(=O)Nc2c(C(=O)Nc3ccc(Cl)cn3)oc3ccc(O)cc23)CC1.Cl. The summed E-state index contributed by atoms with van der Waals surface area (Å²) in [6.07, 6.45) is 4.83. The number of phenols is 1. The van der Waals surface area contributed by atoms with Gasteiger partial charge in [0.25, 0.3) is 5.91 Å². The highest BCUT2D eigenvalue weighted by molar-refractivity contribution is 6.30. The van der Waals surface area contributed by atoms with Gasteiger partial charge in [0, 0.05) is 23.5 Å². The number of pyridine rings is 1. The second-order valence-electron chi connectivity index (χ2n) is 8.26. The second kappa shape index (κ2) is 10.4. The first-order chi connectivity index (χ1) is 15.3. The van der Waals surface area contributed by atoms with Crippen LogP contribution in [0.2, 0.25) is 5.02 Å². The molecule has 1 fully saturated rings. The molecule has 2 aromatic heterocycles. The number of rotatable bonds is 5. The minimum absolute atomic E-state index is 0. The summed E-state index contributed by atoms with van der Waals surface area (Å²) in [5, 5.41) is 16.4. The van der Waals surface area contributed by atoms with Crippen LogP contribution in [0.25, 0.3) is 11.0 Å². The maximum Gasteiger partial charge on any atom is 0.294 e. The van der Waals surface area contributed by atoms with E-state index in [9.17, 15) is 14.7 Å². The monoisotopic (exact) mass is 492 g/mol. The average molecular weight is 493 g/mol. The van der Waals surface area contributed by atoms with Crippen LogP contribution in [0.3, 0.4) is 0 Å². The van der Waals surface area contributed by atoms with Crippen molar-refractivity contribution in [3.05, 3.63) is 47.3 Å². The van der Waals surface area contributed by atoms with Crippen molar-refractivity contribution < 1.29 is 19.1 Å². The van der Waals surface area contributed by atoms with Gasteiger partial charge in [-0.15, -0.1) is 12.4 Å². The predicted molar refractivity (Wildman–Crippen MR) is 130 cm³/mol. The number of phenolic OH excluding ortho intramolecular Hbond substituents is 1. The number of aromatic nitrogens is 1. The fourth-order valence-corrected chi connectivity index (χ4v) is 4.18. The molecule has 0 atom stereocenters. The number of aromatic hydroxyl groups is 1. The first kappa shape index (κ1) is 24.8. The van der Waals surface area contributed by atoms with Crippen LogP contribution < -0.4 is 10.6 Å². The van der Waals surface area contributed by atoms with Crippen molar-refractivity contribution in [3.63, 3.8) is 0 Å². The maximum atomic E-state index is 13.1. The molecule has 0 bridgehead atoms. The summed E-state index contributed by atoms with van der Waals surface area (Å²) in [5.41, 5.74) is 0.616. The van der Waals surface area contributed by atoms with Gasteiger partial charge in [-0.2, -0.15) is 0 Å². The third-order valence-electron chi connectivity index (χ3n) is 5.89. The molecule has 8 nitrogen and oxygen atoms in total. The average Bonchev–Trinajstić information content (AvgIpc) is 3.13. The number of nitrogens with zero attached hydrogens (tertiary/aromatic N) is 2. The second-order valence-corrected chi connectivity index (χ2v) is 8.70. The van der Waals surface area contributed by atoms with Crippen molar-refractivity contribution in [2.24, 2.45) is 5.92 Å². The van der Waals surface area contributed by atoms with Crippen LogP contribution in [0, 0.1) is 5.92 Å². The zero-order valence-corrected chi connectivity index (χ0v) is 19.9. The van der Waals surface area contributed by atoms with Crippen molar-refractivity contribution >= 4 is 58.3 Å². The van der Waals surface area contributed by atoms with E-state index in [0.717, 1.165) is 25.7 Å². The van der Waals surface area contributed by atoms with E-state index in [1.807, 2.05) is 0 Å². The van der Waals surface area contributed by atoms with Gasteiger partial charge in [0.15, 0.2) is 0 Å². The molecule has 3 N–H and O–H groups in total. The molecule has 4 rings (SSSR count). The third kappa shape index (κ3) is 5.58. The summed E-state index contributed by atoms with van der Waals surface area (Å²) >= 11 is 5.85. The van der Waals surface area contributed by atoms with Crippen LogP contribution in [-0.4, -0.2) is 46.9 Å². The Labute approximate surface area is 202 Å². The predicted octanol–water partition coefficient (Wildman–Crippen LogP) is 4.92. The molecule has 0 radical (unpaired) electrons. The number of carbonyl (C=O) groups is 2.